The molecule has 0 saturated carbocycles. The quantitative estimate of drug-likeness (QED) is 0.867. The lowest BCUT2D eigenvalue weighted by Gasteiger charge is -2.07. The lowest BCUT2D eigenvalue weighted by molar-refractivity contribution is -0.113. The summed E-state index contributed by atoms with van der Waals surface area (Å²) in [5, 5.41) is 2.85. The molecule has 1 amide bonds. The van der Waals surface area contributed by atoms with Crippen molar-refractivity contribution < 1.29 is 4.79 Å². The molecule has 2 aromatic rings. The molecule has 19 heavy (non-hydrogen) atoms. The van der Waals surface area contributed by atoms with E-state index in [1.165, 1.54) is 11.1 Å². The summed E-state index contributed by atoms with van der Waals surface area (Å²) in [6, 6.07) is 9.83. The van der Waals surface area contributed by atoms with Crippen LogP contribution in [0, 0.1) is 13.8 Å². The summed E-state index contributed by atoms with van der Waals surface area (Å²) in [5.41, 5.74) is 3.19. The molecule has 1 aromatic carbocycles. The molecule has 0 atom stereocenters. The highest BCUT2D eigenvalue weighted by Crippen LogP contribution is 2.23. The number of nitrogens with zero attached hydrogens (tertiary/aromatic N) is 1. The Morgan fingerprint density at radius 3 is 2.68 bits per heavy atom. The molecule has 3 nitrogen and oxygen atoms in total. The highest BCUT2D eigenvalue weighted by molar-refractivity contribution is 8.00. The summed E-state index contributed by atoms with van der Waals surface area (Å²) in [5.74, 6) is 0.407. The third-order valence-electron chi connectivity index (χ3n) is 2.67. The molecule has 1 N–H and O–H groups in total. The minimum absolute atomic E-state index is 0.00268. The van der Waals surface area contributed by atoms with Crippen LogP contribution in [0.25, 0.3) is 0 Å². The third-order valence-corrected chi connectivity index (χ3v) is 3.82. The summed E-state index contributed by atoms with van der Waals surface area (Å²) in [4.78, 5) is 16.9. The highest BCUT2D eigenvalue weighted by Gasteiger charge is 2.05. The SMILES string of the molecule is Cc1ccc(C)c(SCC(=O)Nc2ccncc2)c1. The van der Waals surface area contributed by atoms with Crippen LogP contribution in [0.4, 0.5) is 5.69 Å². The van der Waals surface area contributed by atoms with Crippen LogP contribution >= 0.6 is 11.8 Å². The van der Waals surface area contributed by atoms with Gasteiger partial charge in [-0.2, -0.15) is 0 Å². The van der Waals surface area contributed by atoms with Gasteiger partial charge < -0.3 is 5.32 Å². The Bertz CT molecular complexity index is 570. The summed E-state index contributed by atoms with van der Waals surface area (Å²) < 4.78 is 0. The second-order valence-electron chi connectivity index (χ2n) is 4.34. The molecule has 4 heteroatoms. The largest absolute Gasteiger partial charge is 0.325 e. The number of pyridine rings is 1. The molecule has 0 aliphatic rings. The van der Waals surface area contributed by atoms with Crippen LogP contribution < -0.4 is 5.32 Å². The molecular weight excluding hydrogens is 256 g/mol. The van der Waals surface area contributed by atoms with Gasteiger partial charge in [-0.3, -0.25) is 9.78 Å². The smallest absolute Gasteiger partial charge is 0.234 e. The Hall–Kier alpha value is -1.81. The van der Waals surface area contributed by atoms with Crippen molar-refractivity contribution in [1.29, 1.82) is 0 Å². The Morgan fingerprint density at radius 2 is 1.95 bits per heavy atom. The summed E-state index contributed by atoms with van der Waals surface area (Å²) in [6.45, 7) is 4.11. The number of aromatic nitrogens is 1. The van der Waals surface area contributed by atoms with E-state index in [1.807, 2.05) is 0 Å². The van der Waals surface area contributed by atoms with E-state index in [9.17, 15) is 4.79 Å². The van der Waals surface area contributed by atoms with Crippen molar-refractivity contribution in [2.45, 2.75) is 18.7 Å². The molecule has 1 heterocycles. The summed E-state index contributed by atoms with van der Waals surface area (Å²) >= 11 is 1.56. The van der Waals surface area contributed by atoms with Gasteiger partial charge in [0.2, 0.25) is 5.91 Å². The Labute approximate surface area is 117 Å². The lowest BCUT2D eigenvalue weighted by atomic mass is 10.2. The molecule has 0 aliphatic heterocycles. The first-order valence-corrected chi connectivity index (χ1v) is 7.03. The standard InChI is InChI=1S/C15H16N2OS/c1-11-3-4-12(2)14(9-11)19-10-15(18)17-13-5-7-16-8-6-13/h3-9H,10H2,1-2H3,(H,16,17,18). The maximum Gasteiger partial charge on any atom is 0.234 e. The average Bonchev–Trinajstić information content (AvgIpc) is 2.41. The minimum Gasteiger partial charge on any atom is -0.325 e. The van der Waals surface area contributed by atoms with E-state index in [2.05, 4.69) is 42.3 Å². The molecule has 0 spiro atoms. The van der Waals surface area contributed by atoms with Crippen LogP contribution in [0.1, 0.15) is 11.1 Å². The summed E-state index contributed by atoms with van der Waals surface area (Å²) in [6.07, 6.45) is 3.32. The van der Waals surface area contributed by atoms with Crippen molar-refractivity contribution in [3.05, 3.63) is 53.9 Å². The van der Waals surface area contributed by atoms with Gasteiger partial charge in [0, 0.05) is 23.0 Å². The second kappa shape index (κ2) is 6.38. The van der Waals surface area contributed by atoms with Gasteiger partial charge in [-0.1, -0.05) is 17.7 Å². The zero-order valence-corrected chi connectivity index (χ0v) is 11.8. The Kier molecular flexibility index (Phi) is 4.58. The van der Waals surface area contributed by atoms with Crippen molar-refractivity contribution in [1.82, 2.24) is 4.98 Å². The van der Waals surface area contributed by atoms with Crippen molar-refractivity contribution in [3.8, 4) is 0 Å². The van der Waals surface area contributed by atoms with Crippen molar-refractivity contribution in [2.75, 3.05) is 11.1 Å². The number of nitrogens with one attached hydrogen (secondary N) is 1. The maximum absolute atomic E-state index is 11.8. The summed E-state index contributed by atoms with van der Waals surface area (Å²) in [7, 11) is 0. The van der Waals surface area contributed by atoms with E-state index >= 15 is 0 Å². The molecule has 98 valence electrons. The number of carbonyl (C=O) groups excluding carboxylic acids is 1. The molecular formula is C15H16N2OS. The monoisotopic (exact) mass is 272 g/mol. The number of carbonyl (C=O) groups is 1. The van der Waals surface area contributed by atoms with Gasteiger partial charge in [-0.15, -0.1) is 11.8 Å². The number of amides is 1. The number of thioether (sulfide) groups is 1. The fraction of sp³-hybridized carbons (Fsp3) is 0.200. The first-order chi connectivity index (χ1) is 9.15. The number of anilines is 1. The molecule has 0 fully saturated rings. The van der Waals surface area contributed by atoms with Crippen molar-refractivity contribution in [3.63, 3.8) is 0 Å². The lowest BCUT2D eigenvalue weighted by Crippen LogP contribution is -2.14. The molecule has 0 radical (unpaired) electrons. The van der Waals surface area contributed by atoms with Crippen LogP contribution in [0.2, 0.25) is 0 Å². The molecule has 0 unspecified atom stereocenters. The highest BCUT2D eigenvalue weighted by atomic mass is 32.2. The first-order valence-electron chi connectivity index (χ1n) is 6.05. The van der Waals surface area contributed by atoms with Gasteiger partial charge in [0.25, 0.3) is 0 Å². The number of aryl methyl sites for hydroxylation is 2. The van der Waals surface area contributed by atoms with Crippen LogP contribution in [-0.2, 0) is 4.79 Å². The van der Waals surface area contributed by atoms with Crippen LogP contribution in [0.5, 0.6) is 0 Å². The Balaban J connectivity index is 1.92. The topological polar surface area (TPSA) is 42.0 Å². The zero-order chi connectivity index (χ0) is 13.7. The maximum atomic E-state index is 11.8. The minimum atomic E-state index is -0.00268. The third kappa shape index (κ3) is 4.10. The van der Waals surface area contributed by atoms with Gasteiger partial charge in [0.15, 0.2) is 0 Å². The van der Waals surface area contributed by atoms with Crippen molar-refractivity contribution >= 4 is 23.4 Å². The molecule has 1 aromatic heterocycles. The Morgan fingerprint density at radius 1 is 1.21 bits per heavy atom. The number of rotatable bonds is 4. The number of hydrogen-bond donors (Lipinski definition) is 1. The average molecular weight is 272 g/mol. The first kappa shape index (κ1) is 13.6. The van der Waals surface area contributed by atoms with Gasteiger partial charge >= 0.3 is 0 Å². The van der Waals surface area contributed by atoms with Gasteiger partial charge in [-0.25, -0.2) is 0 Å². The van der Waals surface area contributed by atoms with E-state index in [0.29, 0.717) is 5.75 Å². The van der Waals surface area contributed by atoms with Crippen LogP contribution in [0.3, 0.4) is 0 Å². The van der Waals surface area contributed by atoms with Crippen LogP contribution in [-0.4, -0.2) is 16.6 Å². The van der Waals surface area contributed by atoms with Crippen molar-refractivity contribution in [2.24, 2.45) is 0 Å². The molecule has 0 bridgehead atoms. The normalized spacial score (nSPS) is 10.2. The van der Waals surface area contributed by atoms with Crippen LogP contribution in [0.15, 0.2) is 47.6 Å². The molecule has 0 aliphatic carbocycles. The van der Waals surface area contributed by atoms with E-state index in [0.717, 1.165) is 10.6 Å². The van der Waals surface area contributed by atoms with Gasteiger partial charge in [0.1, 0.15) is 0 Å². The molecule has 0 saturated heterocycles. The predicted octanol–water partition coefficient (Wildman–Crippen LogP) is 3.43. The van der Waals surface area contributed by atoms with E-state index in [1.54, 1.807) is 36.3 Å². The number of hydrogen-bond acceptors (Lipinski definition) is 3. The predicted molar refractivity (Wildman–Crippen MR) is 79.5 cm³/mol. The van der Waals surface area contributed by atoms with Gasteiger partial charge in [-0.05, 0) is 37.6 Å². The second-order valence-corrected chi connectivity index (χ2v) is 5.36. The zero-order valence-electron chi connectivity index (χ0n) is 11.0. The fourth-order valence-electron chi connectivity index (χ4n) is 1.64. The van der Waals surface area contributed by atoms with Gasteiger partial charge in [0.05, 0.1) is 5.75 Å². The van der Waals surface area contributed by atoms with E-state index in [-0.39, 0.29) is 5.91 Å². The fourth-order valence-corrected chi connectivity index (χ4v) is 2.56. The van der Waals surface area contributed by atoms with E-state index < -0.39 is 0 Å². The van der Waals surface area contributed by atoms with E-state index in [4.69, 9.17) is 0 Å². The molecule has 2 rings (SSSR count). The number of benzene rings is 1.